The minimum absolute atomic E-state index is 0.00880. The van der Waals surface area contributed by atoms with Crippen molar-refractivity contribution in [3.8, 4) is 11.3 Å². The number of aliphatic hydroxyl groups excluding tert-OH is 1. The molecule has 0 fully saturated rings. The highest BCUT2D eigenvalue weighted by atomic mass is 16.3. The molecule has 0 saturated carbocycles. The van der Waals surface area contributed by atoms with Gasteiger partial charge in [0, 0.05) is 11.5 Å². The Hall–Kier alpha value is -3.05. The topological polar surface area (TPSA) is 75.1 Å². The summed E-state index contributed by atoms with van der Waals surface area (Å²) in [5.74, 6) is 0.411. The number of carbonyl (C=O) groups is 1. The van der Waals surface area contributed by atoms with Gasteiger partial charge in [0.1, 0.15) is 0 Å². The van der Waals surface area contributed by atoms with Gasteiger partial charge in [-0.1, -0.05) is 68.4 Å². The van der Waals surface area contributed by atoms with E-state index in [9.17, 15) is 9.90 Å². The highest BCUT2D eigenvalue weighted by Gasteiger charge is 2.16. The molecule has 1 heterocycles. The molecule has 1 unspecified atom stereocenters. The van der Waals surface area contributed by atoms with Gasteiger partial charge in [-0.3, -0.25) is 4.79 Å². The lowest BCUT2D eigenvalue weighted by Crippen LogP contribution is -2.22. The monoisotopic (exact) mass is 389 g/mol. The largest absolute Gasteiger partial charge is 0.392 e. The molecule has 5 nitrogen and oxygen atoms in total. The molecule has 0 aliphatic rings. The van der Waals surface area contributed by atoms with Crippen LogP contribution in [0.25, 0.3) is 11.3 Å². The standard InChI is InChI=1S/C24H27N3O2/c1-3-17(2)24(29)27-23-21(14-11-18-7-5-4-6-8-18)26-22(15-25-23)20-12-9-19(16-28)10-13-20/h4-10,12-13,15,17,28H,3,11,14,16H2,1-2H3,(H,25,27,29). The SMILES string of the molecule is CCC(C)C(=O)Nc1ncc(-c2ccc(CO)cc2)nc1CCc1ccccc1. The molecule has 3 rings (SSSR count). The lowest BCUT2D eigenvalue weighted by Gasteiger charge is -2.14. The van der Waals surface area contributed by atoms with Crippen LogP contribution in [0.2, 0.25) is 0 Å². The maximum Gasteiger partial charge on any atom is 0.228 e. The maximum absolute atomic E-state index is 12.4. The average Bonchev–Trinajstić information content (AvgIpc) is 2.78. The van der Waals surface area contributed by atoms with Crippen molar-refractivity contribution in [1.29, 1.82) is 0 Å². The Bertz CT molecular complexity index is 940. The predicted molar refractivity (Wildman–Crippen MR) is 115 cm³/mol. The van der Waals surface area contributed by atoms with Crippen molar-refractivity contribution in [1.82, 2.24) is 9.97 Å². The maximum atomic E-state index is 12.4. The van der Waals surface area contributed by atoms with Crippen molar-refractivity contribution in [3.05, 3.63) is 77.6 Å². The predicted octanol–water partition coefficient (Wildman–Crippen LogP) is 4.41. The molecule has 2 aromatic carbocycles. The van der Waals surface area contributed by atoms with E-state index in [1.165, 1.54) is 5.56 Å². The van der Waals surface area contributed by atoms with Crippen LogP contribution in [0, 0.1) is 5.92 Å². The zero-order chi connectivity index (χ0) is 20.6. The molecule has 2 N–H and O–H groups in total. The quantitative estimate of drug-likeness (QED) is 0.599. The number of hydrogen-bond donors (Lipinski definition) is 2. The third-order valence-corrected chi connectivity index (χ3v) is 5.07. The number of aliphatic hydroxyl groups is 1. The summed E-state index contributed by atoms with van der Waals surface area (Å²) in [5, 5.41) is 12.2. The Morgan fingerprint density at radius 3 is 2.41 bits per heavy atom. The molecule has 1 amide bonds. The second-order valence-electron chi connectivity index (χ2n) is 7.19. The van der Waals surface area contributed by atoms with Crippen LogP contribution in [0.15, 0.2) is 60.8 Å². The Balaban J connectivity index is 1.88. The molecule has 150 valence electrons. The smallest absolute Gasteiger partial charge is 0.228 e. The molecule has 0 aliphatic carbocycles. The summed E-state index contributed by atoms with van der Waals surface area (Å²) < 4.78 is 0. The Morgan fingerprint density at radius 1 is 1.03 bits per heavy atom. The van der Waals surface area contributed by atoms with Gasteiger partial charge in [-0.15, -0.1) is 0 Å². The summed E-state index contributed by atoms with van der Waals surface area (Å²) >= 11 is 0. The van der Waals surface area contributed by atoms with Crippen LogP contribution < -0.4 is 5.32 Å². The summed E-state index contributed by atoms with van der Waals surface area (Å²) in [7, 11) is 0. The van der Waals surface area contributed by atoms with Gasteiger partial charge in [0.15, 0.2) is 5.82 Å². The van der Waals surface area contributed by atoms with Gasteiger partial charge >= 0.3 is 0 Å². The summed E-state index contributed by atoms with van der Waals surface area (Å²) in [5.41, 5.74) is 4.51. The number of amides is 1. The van der Waals surface area contributed by atoms with E-state index in [1.54, 1.807) is 6.20 Å². The lowest BCUT2D eigenvalue weighted by atomic mass is 10.1. The van der Waals surface area contributed by atoms with Crippen LogP contribution in [0.5, 0.6) is 0 Å². The van der Waals surface area contributed by atoms with Crippen molar-refractivity contribution in [2.24, 2.45) is 5.92 Å². The Morgan fingerprint density at radius 2 is 1.76 bits per heavy atom. The molecule has 0 spiro atoms. The van der Waals surface area contributed by atoms with E-state index in [0.717, 1.165) is 35.4 Å². The van der Waals surface area contributed by atoms with Crippen molar-refractivity contribution < 1.29 is 9.90 Å². The fourth-order valence-corrected chi connectivity index (χ4v) is 2.96. The van der Waals surface area contributed by atoms with E-state index in [1.807, 2.05) is 56.3 Å². The first-order valence-electron chi connectivity index (χ1n) is 10.0. The number of carbonyl (C=O) groups excluding carboxylic acids is 1. The zero-order valence-corrected chi connectivity index (χ0v) is 16.9. The zero-order valence-electron chi connectivity index (χ0n) is 16.9. The van der Waals surface area contributed by atoms with E-state index in [4.69, 9.17) is 4.98 Å². The van der Waals surface area contributed by atoms with Gasteiger partial charge in [-0.2, -0.15) is 0 Å². The molecule has 0 radical (unpaired) electrons. The molecule has 0 bridgehead atoms. The van der Waals surface area contributed by atoms with Crippen LogP contribution in [0.4, 0.5) is 5.82 Å². The highest BCUT2D eigenvalue weighted by molar-refractivity contribution is 5.91. The summed E-state index contributed by atoms with van der Waals surface area (Å²) in [6.07, 6.45) is 3.95. The molecule has 0 aliphatic heterocycles. The van der Waals surface area contributed by atoms with Gasteiger partial charge in [-0.25, -0.2) is 9.97 Å². The molecule has 1 aromatic heterocycles. The van der Waals surface area contributed by atoms with E-state index >= 15 is 0 Å². The van der Waals surface area contributed by atoms with E-state index < -0.39 is 0 Å². The van der Waals surface area contributed by atoms with E-state index in [-0.39, 0.29) is 18.4 Å². The van der Waals surface area contributed by atoms with E-state index in [0.29, 0.717) is 12.2 Å². The van der Waals surface area contributed by atoms with Crippen molar-refractivity contribution in [2.45, 2.75) is 39.7 Å². The van der Waals surface area contributed by atoms with Crippen molar-refractivity contribution >= 4 is 11.7 Å². The number of anilines is 1. The van der Waals surface area contributed by atoms with Crippen LogP contribution in [-0.4, -0.2) is 21.0 Å². The minimum Gasteiger partial charge on any atom is -0.392 e. The number of rotatable bonds is 8. The van der Waals surface area contributed by atoms with Crippen LogP contribution >= 0.6 is 0 Å². The van der Waals surface area contributed by atoms with Crippen LogP contribution in [-0.2, 0) is 24.2 Å². The number of hydrogen-bond acceptors (Lipinski definition) is 4. The summed E-state index contributed by atoms with van der Waals surface area (Å²) in [6.45, 7) is 3.91. The van der Waals surface area contributed by atoms with Crippen LogP contribution in [0.1, 0.15) is 37.1 Å². The van der Waals surface area contributed by atoms with Gasteiger partial charge in [0.05, 0.1) is 24.2 Å². The second kappa shape index (κ2) is 9.94. The van der Waals surface area contributed by atoms with Gasteiger partial charge in [-0.05, 0) is 30.4 Å². The highest BCUT2D eigenvalue weighted by Crippen LogP contribution is 2.22. The summed E-state index contributed by atoms with van der Waals surface area (Å²) in [6, 6.07) is 17.8. The Kier molecular flexibility index (Phi) is 7.09. The van der Waals surface area contributed by atoms with Gasteiger partial charge in [0.25, 0.3) is 0 Å². The molecular formula is C24H27N3O2. The molecule has 1 atom stereocenters. The van der Waals surface area contributed by atoms with Gasteiger partial charge in [0.2, 0.25) is 5.91 Å². The third kappa shape index (κ3) is 5.48. The first kappa shape index (κ1) is 20.7. The minimum atomic E-state index is -0.0792. The fourth-order valence-electron chi connectivity index (χ4n) is 2.96. The normalized spacial score (nSPS) is 11.8. The molecule has 5 heteroatoms. The van der Waals surface area contributed by atoms with Gasteiger partial charge < -0.3 is 10.4 Å². The molecule has 29 heavy (non-hydrogen) atoms. The molecular weight excluding hydrogens is 362 g/mol. The lowest BCUT2D eigenvalue weighted by molar-refractivity contribution is -0.119. The number of aryl methyl sites for hydroxylation is 2. The Labute approximate surface area is 171 Å². The summed E-state index contributed by atoms with van der Waals surface area (Å²) in [4.78, 5) is 21.7. The number of nitrogens with zero attached hydrogens (tertiary/aromatic N) is 2. The molecule has 0 saturated heterocycles. The second-order valence-corrected chi connectivity index (χ2v) is 7.19. The average molecular weight is 389 g/mol. The number of nitrogens with one attached hydrogen (secondary N) is 1. The van der Waals surface area contributed by atoms with Crippen molar-refractivity contribution in [2.75, 3.05) is 5.32 Å². The molecule has 3 aromatic rings. The first-order chi connectivity index (χ1) is 14.1. The third-order valence-electron chi connectivity index (χ3n) is 5.07. The fraction of sp³-hybridized carbons (Fsp3) is 0.292. The van der Waals surface area contributed by atoms with Crippen molar-refractivity contribution in [3.63, 3.8) is 0 Å². The van der Waals surface area contributed by atoms with Crippen LogP contribution in [0.3, 0.4) is 0 Å². The number of aromatic nitrogens is 2. The van der Waals surface area contributed by atoms with E-state index in [2.05, 4.69) is 22.4 Å². The number of benzene rings is 2. The first-order valence-corrected chi connectivity index (χ1v) is 10.0.